The smallest absolute Gasteiger partial charge is 0.320 e. The van der Waals surface area contributed by atoms with Crippen molar-refractivity contribution in [1.82, 2.24) is 0 Å². The number of benzene rings is 1. The minimum absolute atomic E-state index is 0.127. The molecule has 9 heteroatoms. The van der Waals surface area contributed by atoms with E-state index in [9.17, 15) is 14.8 Å². The number of esters is 2. The second kappa shape index (κ2) is 8.61. The molecular weight excluding hydrogens is 358 g/mol. The normalized spacial score (nSPS) is 15.7. The fourth-order valence-electron chi connectivity index (χ4n) is 3.02. The molecule has 9 nitrogen and oxygen atoms in total. The maximum atomic E-state index is 12.4. The van der Waals surface area contributed by atoms with Gasteiger partial charge in [0.05, 0.1) is 40.1 Å². The van der Waals surface area contributed by atoms with E-state index < -0.39 is 24.0 Å². The molecule has 1 aromatic carbocycles. The SMILES string of the molecule is CCC1=[N+]([O-])OC(CC(C(=O)OC)C(=O)OC)c2cc(OC)c(OC)cc21. The number of hydrogen-bond donors (Lipinski definition) is 0. The van der Waals surface area contributed by atoms with Gasteiger partial charge in [0.15, 0.2) is 17.4 Å². The molecule has 0 aliphatic carbocycles. The Morgan fingerprint density at radius 1 is 1.11 bits per heavy atom. The molecule has 0 saturated carbocycles. The van der Waals surface area contributed by atoms with Crippen LogP contribution in [0.15, 0.2) is 12.1 Å². The van der Waals surface area contributed by atoms with Crippen molar-refractivity contribution in [3.05, 3.63) is 28.5 Å². The molecule has 0 N–H and O–H groups in total. The summed E-state index contributed by atoms with van der Waals surface area (Å²) in [7, 11) is 5.32. The highest BCUT2D eigenvalue weighted by Gasteiger charge is 2.37. The first kappa shape index (κ1) is 20.3. The van der Waals surface area contributed by atoms with Crippen molar-refractivity contribution in [2.24, 2.45) is 5.92 Å². The van der Waals surface area contributed by atoms with Gasteiger partial charge in [0.25, 0.3) is 5.71 Å². The minimum Gasteiger partial charge on any atom is -0.493 e. The summed E-state index contributed by atoms with van der Waals surface area (Å²) in [5.74, 6) is -1.88. The molecule has 1 atom stereocenters. The van der Waals surface area contributed by atoms with Crippen LogP contribution in [0.4, 0.5) is 0 Å². The van der Waals surface area contributed by atoms with Crippen molar-refractivity contribution in [3.63, 3.8) is 0 Å². The average Bonchev–Trinajstić information content (AvgIpc) is 2.69. The van der Waals surface area contributed by atoms with E-state index in [4.69, 9.17) is 14.3 Å². The summed E-state index contributed by atoms with van der Waals surface area (Å²) in [6.07, 6.45) is -0.593. The predicted molar refractivity (Wildman–Crippen MR) is 93.5 cm³/mol. The molecule has 0 fully saturated rings. The van der Waals surface area contributed by atoms with Crippen LogP contribution in [0.2, 0.25) is 0 Å². The van der Waals surface area contributed by atoms with Gasteiger partial charge in [-0.25, -0.2) is 0 Å². The minimum atomic E-state index is -1.23. The highest BCUT2D eigenvalue weighted by molar-refractivity contribution is 5.99. The summed E-state index contributed by atoms with van der Waals surface area (Å²) >= 11 is 0. The molecule has 2 rings (SSSR count). The summed E-state index contributed by atoms with van der Waals surface area (Å²) in [6, 6.07) is 3.35. The van der Waals surface area contributed by atoms with E-state index in [2.05, 4.69) is 9.47 Å². The third kappa shape index (κ3) is 3.91. The number of carbonyl (C=O) groups excluding carboxylic acids is 2. The maximum absolute atomic E-state index is 12.4. The molecule has 0 radical (unpaired) electrons. The van der Waals surface area contributed by atoms with E-state index in [1.807, 2.05) is 6.92 Å². The van der Waals surface area contributed by atoms with Crippen molar-refractivity contribution >= 4 is 17.7 Å². The third-order valence-electron chi connectivity index (χ3n) is 4.41. The van der Waals surface area contributed by atoms with E-state index in [-0.39, 0.29) is 6.42 Å². The second-order valence-corrected chi connectivity index (χ2v) is 5.78. The number of methoxy groups -OCH3 is 4. The van der Waals surface area contributed by atoms with Crippen molar-refractivity contribution in [3.8, 4) is 11.5 Å². The van der Waals surface area contributed by atoms with Crippen LogP contribution in [-0.2, 0) is 23.9 Å². The summed E-state index contributed by atoms with van der Waals surface area (Å²) in [4.78, 5) is 29.9. The molecule has 1 aliphatic heterocycles. The standard InChI is InChI=1S/C18H23NO8/c1-6-13-10-7-15(23-2)16(24-3)8-11(10)14(27-19(13)22)9-12(17(20)25-4)18(21)26-5/h7-8,12,14H,6,9H2,1-5H3. The number of nitrogens with zero attached hydrogens (tertiary/aromatic N) is 1. The Labute approximate surface area is 157 Å². The van der Waals surface area contributed by atoms with Gasteiger partial charge in [-0.15, -0.1) is 0 Å². The molecule has 1 heterocycles. The van der Waals surface area contributed by atoms with Gasteiger partial charge >= 0.3 is 11.9 Å². The van der Waals surface area contributed by atoms with E-state index in [1.54, 1.807) is 12.1 Å². The molecule has 0 bridgehead atoms. The van der Waals surface area contributed by atoms with E-state index in [0.29, 0.717) is 39.7 Å². The molecular formula is C18H23NO8. The number of hydrogen-bond acceptors (Lipinski definition) is 8. The van der Waals surface area contributed by atoms with Gasteiger partial charge in [-0.3, -0.25) is 14.8 Å². The van der Waals surface area contributed by atoms with Crippen LogP contribution in [0.25, 0.3) is 0 Å². The van der Waals surface area contributed by atoms with Gasteiger partial charge in [0, 0.05) is 11.3 Å². The molecule has 148 valence electrons. The van der Waals surface area contributed by atoms with Gasteiger partial charge in [-0.1, -0.05) is 6.92 Å². The van der Waals surface area contributed by atoms with Crippen molar-refractivity contribution in [2.75, 3.05) is 28.4 Å². The zero-order valence-electron chi connectivity index (χ0n) is 15.9. The Balaban J connectivity index is 2.53. The van der Waals surface area contributed by atoms with Gasteiger partial charge < -0.3 is 23.8 Å². The summed E-state index contributed by atoms with van der Waals surface area (Å²) in [5.41, 5.74) is 1.61. The van der Waals surface area contributed by atoms with Crippen LogP contribution >= 0.6 is 0 Å². The Bertz CT molecular complexity index is 742. The first-order chi connectivity index (χ1) is 12.9. The Morgan fingerprint density at radius 3 is 2.15 bits per heavy atom. The maximum Gasteiger partial charge on any atom is 0.320 e. The lowest BCUT2D eigenvalue weighted by Gasteiger charge is -2.29. The topological polar surface area (TPSA) is 106 Å². The van der Waals surface area contributed by atoms with Crippen molar-refractivity contribution in [1.29, 1.82) is 0 Å². The fourth-order valence-corrected chi connectivity index (χ4v) is 3.02. The van der Waals surface area contributed by atoms with Crippen molar-refractivity contribution in [2.45, 2.75) is 25.9 Å². The quantitative estimate of drug-likeness (QED) is 0.399. The lowest BCUT2D eigenvalue weighted by atomic mass is 9.90. The molecule has 0 spiro atoms. The predicted octanol–water partition coefficient (Wildman–Crippen LogP) is 1.75. The lowest BCUT2D eigenvalue weighted by molar-refractivity contribution is -0.758. The van der Waals surface area contributed by atoms with Gasteiger partial charge in [-0.05, 0) is 24.1 Å². The van der Waals surface area contributed by atoms with Crippen LogP contribution in [0, 0.1) is 11.1 Å². The highest BCUT2D eigenvalue weighted by atomic mass is 16.9. The highest BCUT2D eigenvalue weighted by Crippen LogP contribution is 2.39. The first-order valence-electron chi connectivity index (χ1n) is 8.33. The molecule has 1 aliphatic rings. The zero-order chi connectivity index (χ0) is 20.1. The summed E-state index contributed by atoms with van der Waals surface area (Å²) < 4.78 is 20.0. The van der Waals surface area contributed by atoms with Crippen LogP contribution in [0.5, 0.6) is 11.5 Å². The molecule has 1 aromatic rings. The first-order valence-corrected chi connectivity index (χ1v) is 8.33. The van der Waals surface area contributed by atoms with Gasteiger partial charge in [0.1, 0.15) is 0 Å². The van der Waals surface area contributed by atoms with Crippen molar-refractivity contribution < 1.29 is 38.3 Å². The Kier molecular flexibility index (Phi) is 6.49. The van der Waals surface area contributed by atoms with E-state index >= 15 is 0 Å². The van der Waals surface area contributed by atoms with Crippen LogP contribution in [0.3, 0.4) is 0 Å². The number of carbonyl (C=O) groups is 2. The number of fused-ring (bicyclic) bond motifs is 1. The Morgan fingerprint density at radius 2 is 1.67 bits per heavy atom. The largest absolute Gasteiger partial charge is 0.493 e. The molecule has 27 heavy (non-hydrogen) atoms. The zero-order valence-corrected chi connectivity index (χ0v) is 15.9. The number of rotatable bonds is 7. The lowest BCUT2D eigenvalue weighted by Crippen LogP contribution is -2.33. The summed E-state index contributed by atoms with van der Waals surface area (Å²) in [5, 5.41) is 12.4. The third-order valence-corrected chi connectivity index (χ3v) is 4.41. The van der Waals surface area contributed by atoms with Crippen LogP contribution in [0.1, 0.15) is 37.0 Å². The van der Waals surface area contributed by atoms with Gasteiger partial charge in [0.2, 0.25) is 0 Å². The Hall–Kier alpha value is -2.97. The number of ether oxygens (including phenoxy) is 4. The van der Waals surface area contributed by atoms with Gasteiger partial charge in [-0.2, -0.15) is 0 Å². The molecule has 0 aromatic heterocycles. The monoisotopic (exact) mass is 381 g/mol. The summed E-state index contributed by atoms with van der Waals surface area (Å²) in [6.45, 7) is 1.82. The molecule has 1 unspecified atom stereocenters. The average molecular weight is 381 g/mol. The molecule has 0 saturated heterocycles. The molecule has 0 amide bonds. The van der Waals surface area contributed by atoms with Crippen LogP contribution < -0.4 is 9.47 Å². The fraction of sp³-hybridized carbons (Fsp3) is 0.500. The van der Waals surface area contributed by atoms with E-state index in [0.717, 1.165) is 0 Å². The van der Waals surface area contributed by atoms with Crippen LogP contribution in [-0.4, -0.2) is 51.0 Å². The second-order valence-electron chi connectivity index (χ2n) is 5.78. The van der Waals surface area contributed by atoms with E-state index in [1.165, 1.54) is 28.4 Å².